The zero-order valence-electron chi connectivity index (χ0n) is 12.4. The molecule has 1 fully saturated rings. The standard InChI is InChI=1S/C15H20BrFN2O2.ClH/c1-9(6-10-2-4-13(17)12(16)7-10)19-15(20)14-5-3-11(8-18)21-14;/h2,4,7,9,11,14H,3,5-6,8,18H2,1H3,(H,19,20);1H/t9?,11-,14+;/m1./s1. The van der Waals surface area contributed by atoms with Crippen LogP contribution in [-0.4, -0.2) is 30.7 Å². The number of carbonyl (C=O) groups is 1. The van der Waals surface area contributed by atoms with Gasteiger partial charge in [-0.1, -0.05) is 6.07 Å². The van der Waals surface area contributed by atoms with Crippen molar-refractivity contribution in [3.05, 3.63) is 34.1 Å². The third kappa shape index (κ3) is 5.19. The van der Waals surface area contributed by atoms with Crippen LogP contribution in [0.1, 0.15) is 25.3 Å². The maximum atomic E-state index is 13.2. The largest absolute Gasteiger partial charge is 0.364 e. The van der Waals surface area contributed by atoms with Crippen molar-refractivity contribution in [3.8, 4) is 0 Å². The molecule has 3 atom stereocenters. The third-order valence-electron chi connectivity index (χ3n) is 3.58. The molecule has 1 aromatic carbocycles. The van der Waals surface area contributed by atoms with Gasteiger partial charge in [-0.2, -0.15) is 0 Å². The topological polar surface area (TPSA) is 64.4 Å². The van der Waals surface area contributed by atoms with Crippen molar-refractivity contribution >= 4 is 34.2 Å². The summed E-state index contributed by atoms with van der Waals surface area (Å²) in [5.41, 5.74) is 6.50. The molecule has 22 heavy (non-hydrogen) atoms. The Hall–Kier alpha value is -0.690. The van der Waals surface area contributed by atoms with Crippen molar-refractivity contribution in [2.24, 2.45) is 5.73 Å². The van der Waals surface area contributed by atoms with Crippen molar-refractivity contribution < 1.29 is 13.9 Å². The lowest BCUT2D eigenvalue weighted by molar-refractivity contribution is -0.132. The molecule has 0 spiro atoms. The van der Waals surface area contributed by atoms with Crippen LogP contribution in [-0.2, 0) is 16.0 Å². The van der Waals surface area contributed by atoms with E-state index in [1.807, 2.05) is 6.92 Å². The van der Waals surface area contributed by atoms with E-state index in [-0.39, 0.29) is 36.3 Å². The molecule has 1 aliphatic heterocycles. The Morgan fingerprint density at radius 2 is 2.27 bits per heavy atom. The predicted octanol–water partition coefficient (Wildman–Crippen LogP) is 2.56. The number of hydrogen-bond donors (Lipinski definition) is 2. The quantitative estimate of drug-likeness (QED) is 0.805. The Morgan fingerprint density at radius 3 is 2.86 bits per heavy atom. The second-order valence-corrected chi connectivity index (χ2v) is 6.28. The van der Waals surface area contributed by atoms with Crippen LogP contribution in [0.2, 0.25) is 0 Å². The summed E-state index contributed by atoms with van der Waals surface area (Å²) in [6.45, 7) is 2.37. The molecule has 4 nitrogen and oxygen atoms in total. The highest BCUT2D eigenvalue weighted by Gasteiger charge is 2.30. The van der Waals surface area contributed by atoms with Crippen molar-refractivity contribution in [2.75, 3.05) is 6.54 Å². The molecule has 0 aliphatic carbocycles. The zero-order chi connectivity index (χ0) is 15.4. The van der Waals surface area contributed by atoms with Crippen molar-refractivity contribution in [1.29, 1.82) is 0 Å². The number of nitrogens with two attached hydrogens (primary N) is 1. The highest BCUT2D eigenvalue weighted by molar-refractivity contribution is 9.10. The van der Waals surface area contributed by atoms with Gasteiger partial charge in [0.25, 0.3) is 0 Å². The first kappa shape index (κ1) is 19.4. The predicted molar refractivity (Wildman–Crippen MR) is 89.6 cm³/mol. The van der Waals surface area contributed by atoms with Gasteiger partial charge < -0.3 is 15.8 Å². The van der Waals surface area contributed by atoms with Crippen LogP contribution >= 0.6 is 28.3 Å². The van der Waals surface area contributed by atoms with Crippen molar-refractivity contribution in [2.45, 2.75) is 44.4 Å². The minimum Gasteiger partial charge on any atom is -0.364 e. The molecule has 1 aliphatic rings. The summed E-state index contributed by atoms with van der Waals surface area (Å²) in [5.74, 6) is -0.387. The van der Waals surface area contributed by atoms with Gasteiger partial charge in [0.1, 0.15) is 11.9 Å². The van der Waals surface area contributed by atoms with Gasteiger partial charge in [0.15, 0.2) is 0 Å². The van der Waals surface area contributed by atoms with Crippen LogP contribution < -0.4 is 11.1 Å². The Bertz CT molecular complexity index is 518. The number of ether oxygens (including phenoxy) is 1. The van der Waals surface area contributed by atoms with E-state index < -0.39 is 6.10 Å². The molecule has 1 heterocycles. The van der Waals surface area contributed by atoms with E-state index in [1.54, 1.807) is 12.1 Å². The van der Waals surface area contributed by atoms with Crippen LogP contribution in [0.4, 0.5) is 4.39 Å². The Balaban J connectivity index is 0.00000242. The SMILES string of the molecule is CC(Cc1ccc(F)c(Br)c1)NC(=O)[C@@H]1CC[C@H](CN)O1.Cl. The molecule has 124 valence electrons. The highest BCUT2D eigenvalue weighted by atomic mass is 79.9. The summed E-state index contributed by atoms with van der Waals surface area (Å²) >= 11 is 3.16. The smallest absolute Gasteiger partial charge is 0.249 e. The minimum atomic E-state index is -0.402. The fourth-order valence-corrected chi connectivity index (χ4v) is 2.91. The van der Waals surface area contributed by atoms with E-state index in [0.717, 1.165) is 12.0 Å². The molecular weight excluding hydrogens is 375 g/mol. The number of nitrogens with one attached hydrogen (secondary N) is 1. The number of carbonyl (C=O) groups excluding carboxylic acids is 1. The normalized spacial score (nSPS) is 22.0. The van der Waals surface area contributed by atoms with Gasteiger partial charge in [0.2, 0.25) is 5.91 Å². The highest BCUT2D eigenvalue weighted by Crippen LogP contribution is 2.20. The van der Waals surface area contributed by atoms with Gasteiger partial charge in [0.05, 0.1) is 10.6 Å². The van der Waals surface area contributed by atoms with Crippen LogP contribution in [0, 0.1) is 5.82 Å². The molecule has 7 heteroatoms. The van der Waals surface area contributed by atoms with Gasteiger partial charge in [-0.3, -0.25) is 4.79 Å². The summed E-state index contributed by atoms with van der Waals surface area (Å²) in [6.07, 6.45) is 1.76. The van der Waals surface area contributed by atoms with Gasteiger partial charge >= 0.3 is 0 Å². The Morgan fingerprint density at radius 1 is 1.55 bits per heavy atom. The van der Waals surface area contributed by atoms with Crippen LogP contribution in [0.25, 0.3) is 0 Å². The number of hydrogen-bond acceptors (Lipinski definition) is 3. The Kier molecular flexibility index (Phi) is 7.76. The summed E-state index contributed by atoms with van der Waals surface area (Å²) in [4.78, 5) is 12.1. The van der Waals surface area contributed by atoms with Gasteiger partial charge in [-0.25, -0.2) is 4.39 Å². The number of halogens is 3. The average molecular weight is 396 g/mol. The first-order valence-electron chi connectivity index (χ1n) is 7.09. The summed E-state index contributed by atoms with van der Waals surface area (Å²) in [7, 11) is 0. The van der Waals surface area contributed by atoms with Crippen LogP contribution in [0.5, 0.6) is 0 Å². The average Bonchev–Trinajstić information content (AvgIpc) is 2.92. The van der Waals surface area contributed by atoms with E-state index in [4.69, 9.17) is 10.5 Å². The van der Waals surface area contributed by atoms with E-state index in [0.29, 0.717) is 23.9 Å². The van der Waals surface area contributed by atoms with Crippen molar-refractivity contribution in [1.82, 2.24) is 5.32 Å². The Labute approximate surface area is 144 Å². The molecule has 1 unspecified atom stereocenters. The third-order valence-corrected chi connectivity index (χ3v) is 4.19. The molecular formula is C15H21BrClFN2O2. The lowest BCUT2D eigenvalue weighted by Crippen LogP contribution is -2.41. The van der Waals surface area contributed by atoms with E-state index >= 15 is 0 Å². The summed E-state index contributed by atoms with van der Waals surface area (Å²) in [6, 6.07) is 4.82. The molecule has 1 amide bonds. The maximum Gasteiger partial charge on any atom is 0.249 e. The first-order valence-corrected chi connectivity index (χ1v) is 7.88. The van der Waals surface area contributed by atoms with Crippen LogP contribution in [0.3, 0.4) is 0 Å². The molecule has 1 saturated heterocycles. The van der Waals surface area contributed by atoms with E-state index in [9.17, 15) is 9.18 Å². The van der Waals surface area contributed by atoms with Crippen LogP contribution in [0.15, 0.2) is 22.7 Å². The maximum absolute atomic E-state index is 13.2. The minimum absolute atomic E-state index is 0. The van der Waals surface area contributed by atoms with Crippen molar-refractivity contribution in [3.63, 3.8) is 0 Å². The second kappa shape index (κ2) is 8.82. The molecule has 0 radical (unpaired) electrons. The number of benzene rings is 1. The van der Waals surface area contributed by atoms with Gasteiger partial charge in [-0.05, 0) is 59.8 Å². The molecule has 0 saturated carbocycles. The van der Waals surface area contributed by atoms with Gasteiger partial charge in [-0.15, -0.1) is 12.4 Å². The molecule has 1 aromatic rings. The lowest BCUT2D eigenvalue weighted by Gasteiger charge is -2.18. The second-order valence-electron chi connectivity index (χ2n) is 5.42. The molecule has 0 aromatic heterocycles. The molecule has 0 bridgehead atoms. The fourth-order valence-electron chi connectivity index (χ4n) is 2.48. The number of rotatable bonds is 5. The zero-order valence-corrected chi connectivity index (χ0v) is 14.8. The summed E-state index contributed by atoms with van der Waals surface area (Å²) < 4.78 is 19.2. The lowest BCUT2D eigenvalue weighted by atomic mass is 10.1. The molecule has 2 rings (SSSR count). The summed E-state index contributed by atoms with van der Waals surface area (Å²) in [5, 5.41) is 2.94. The monoisotopic (exact) mass is 394 g/mol. The number of amides is 1. The molecule has 3 N–H and O–H groups in total. The fraction of sp³-hybridized carbons (Fsp3) is 0.533. The van der Waals surface area contributed by atoms with Gasteiger partial charge in [0, 0.05) is 12.6 Å². The van der Waals surface area contributed by atoms with E-state index in [1.165, 1.54) is 6.07 Å². The van der Waals surface area contributed by atoms with E-state index in [2.05, 4.69) is 21.2 Å². The first-order chi connectivity index (χ1) is 9.99.